The standard InChI is InChI=1S/C17H16ClN5O2/c1-11-15(18)7-4-8-16(11)20-17(24)12(2)25-14-6-3-5-13(9-14)23-10-19-21-22-23/h3-10,12H,1-2H3,(H,20,24)/t12-/m0/s1. The molecule has 0 radical (unpaired) electrons. The zero-order chi connectivity index (χ0) is 17.8. The van der Waals surface area contributed by atoms with Crippen molar-refractivity contribution in [3.05, 3.63) is 59.4 Å². The van der Waals surface area contributed by atoms with E-state index in [4.69, 9.17) is 16.3 Å². The highest BCUT2D eigenvalue weighted by Crippen LogP contribution is 2.23. The summed E-state index contributed by atoms with van der Waals surface area (Å²) in [6, 6.07) is 12.5. The van der Waals surface area contributed by atoms with Gasteiger partial charge in [0.1, 0.15) is 12.1 Å². The maximum Gasteiger partial charge on any atom is 0.265 e. The van der Waals surface area contributed by atoms with Crippen molar-refractivity contribution in [3.63, 3.8) is 0 Å². The van der Waals surface area contributed by atoms with Crippen molar-refractivity contribution in [1.82, 2.24) is 20.2 Å². The first kappa shape index (κ1) is 16.9. The fraction of sp³-hybridized carbons (Fsp3) is 0.176. The van der Waals surface area contributed by atoms with Crippen LogP contribution in [-0.4, -0.2) is 32.2 Å². The topological polar surface area (TPSA) is 81.9 Å². The molecule has 2 aromatic carbocycles. The smallest absolute Gasteiger partial charge is 0.265 e. The summed E-state index contributed by atoms with van der Waals surface area (Å²) in [5.74, 6) is 0.275. The van der Waals surface area contributed by atoms with Gasteiger partial charge in [-0.3, -0.25) is 4.79 Å². The highest BCUT2D eigenvalue weighted by molar-refractivity contribution is 6.31. The molecule has 0 unspecified atom stereocenters. The number of aromatic nitrogens is 4. The number of halogens is 1. The molecule has 0 saturated heterocycles. The second-order valence-corrected chi connectivity index (χ2v) is 5.82. The van der Waals surface area contributed by atoms with Crippen LogP contribution in [0.1, 0.15) is 12.5 Å². The Morgan fingerprint density at radius 2 is 2.08 bits per heavy atom. The molecule has 0 saturated carbocycles. The molecule has 3 rings (SSSR count). The molecule has 0 spiro atoms. The van der Waals surface area contributed by atoms with Gasteiger partial charge in [-0.1, -0.05) is 23.7 Å². The van der Waals surface area contributed by atoms with Gasteiger partial charge in [0.25, 0.3) is 5.91 Å². The molecule has 0 aliphatic rings. The van der Waals surface area contributed by atoms with Gasteiger partial charge >= 0.3 is 0 Å². The van der Waals surface area contributed by atoms with E-state index >= 15 is 0 Å². The summed E-state index contributed by atoms with van der Waals surface area (Å²) in [5, 5.41) is 14.4. The number of hydrogen-bond donors (Lipinski definition) is 1. The van der Waals surface area contributed by atoms with Crippen LogP contribution in [0.15, 0.2) is 48.8 Å². The van der Waals surface area contributed by atoms with Crippen LogP contribution in [0.4, 0.5) is 5.69 Å². The summed E-state index contributed by atoms with van der Waals surface area (Å²) in [4.78, 5) is 12.4. The van der Waals surface area contributed by atoms with Crippen LogP contribution in [0.3, 0.4) is 0 Å². The fourth-order valence-corrected chi connectivity index (χ4v) is 2.39. The predicted molar refractivity (Wildman–Crippen MR) is 94.1 cm³/mol. The Morgan fingerprint density at radius 1 is 1.28 bits per heavy atom. The first-order chi connectivity index (χ1) is 12.0. The minimum absolute atomic E-state index is 0.266. The minimum atomic E-state index is -0.692. The lowest BCUT2D eigenvalue weighted by Gasteiger charge is -2.16. The van der Waals surface area contributed by atoms with Crippen LogP contribution in [0.2, 0.25) is 5.02 Å². The average Bonchev–Trinajstić information content (AvgIpc) is 3.14. The summed E-state index contributed by atoms with van der Waals surface area (Å²) in [7, 11) is 0. The van der Waals surface area contributed by atoms with Crippen molar-refractivity contribution in [2.24, 2.45) is 0 Å². The molecular weight excluding hydrogens is 342 g/mol. The zero-order valence-electron chi connectivity index (χ0n) is 13.7. The van der Waals surface area contributed by atoms with E-state index in [1.54, 1.807) is 43.3 Å². The van der Waals surface area contributed by atoms with Gasteiger partial charge in [-0.15, -0.1) is 5.10 Å². The van der Waals surface area contributed by atoms with Crippen LogP contribution in [0, 0.1) is 6.92 Å². The number of rotatable bonds is 5. The van der Waals surface area contributed by atoms with E-state index in [-0.39, 0.29) is 5.91 Å². The third-order valence-corrected chi connectivity index (χ3v) is 4.05. The summed E-state index contributed by atoms with van der Waals surface area (Å²) >= 11 is 6.07. The molecule has 1 heterocycles. The first-order valence-electron chi connectivity index (χ1n) is 7.60. The lowest BCUT2D eigenvalue weighted by Crippen LogP contribution is -2.30. The third-order valence-electron chi connectivity index (χ3n) is 3.64. The molecule has 8 heteroatoms. The summed E-state index contributed by atoms with van der Waals surface area (Å²) in [6.45, 7) is 3.53. The van der Waals surface area contributed by atoms with E-state index < -0.39 is 6.10 Å². The molecule has 128 valence electrons. The van der Waals surface area contributed by atoms with Gasteiger partial charge in [0.05, 0.1) is 5.69 Å². The molecule has 3 aromatic rings. The van der Waals surface area contributed by atoms with Crippen molar-refractivity contribution < 1.29 is 9.53 Å². The van der Waals surface area contributed by atoms with Crippen LogP contribution < -0.4 is 10.1 Å². The Balaban J connectivity index is 1.69. The number of tetrazole rings is 1. The summed E-state index contributed by atoms with van der Waals surface area (Å²) in [5.41, 5.74) is 2.21. The number of ether oxygens (including phenoxy) is 1. The van der Waals surface area contributed by atoms with Crippen LogP contribution in [0.25, 0.3) is 5.69 Å². The second-order valence-electron chi connectivity index (χ2n) is 5.41. The first-order valence-corrected chi connectivity index (χ1v) is 7.98. The average molecular weight is 358 g/mol. The Labute approximate surface area is 149 Å². The number of anilines is 1. The number of benzene rings is 2. The molecule has 1 atom stereocenters. The molecular formula is C17H16ClN5O2. The zero-order valence-corrected chi connectivity index (χ0v) is 14.4. The largest absolute Gasteiger partial charge is 0.481 e. The van der Waals surface area contributed by atoms with Crippen LogP contribution >= 0.6 is 11.6 Å². The van der Waals surface area contributed by atoms with Crippen molar-refractivity contribution in [1.29, 1.82) is 0 Å². The number of carbonyl (C=O) groups is 1. The van der Waals surface area contributed by atoms with Crippen molar-refractivity contribution >= 4 is 23.2 Å². The van der Waals surface area contributed by atoms with Gasteiger partial charge in [-0.25, -0.2) is 4.68 Å². The summed E-state index contributed by atoms with van der Waals surface area (Å²) in [6.07, 6.45) is 0.791. The molecule has 0 fully saturated rings. The van der Waals surface area contributed by atoms with E-state index in [9.17, 15) is 4.79 Å². The van der Waals surface area contributed by atoms with E-state index in [1.807, 2.05) is 13.0 Å². The number of nitrogens with zero attached hydrogens (tertiary/aromatic N) is 4. The maximum atomic E-state index is 12.4. The molecule has 1 aromatic heterocycles. The second kappa shape index (κ2) is 7.31. The van der Waals surface area contributed by atoms with Crippen molar-refractivity contribution in [2.75, 3.05) is 5.32 Å². The van der Waals surface area contributed by atoms with Crippen LogP contribution in [0.5, 0.6) is 5.75 Å². The Morgan fingerprint density at radius 3 is 2.84 bits per heavy atom. The third kappa shape index (κ3) is 3.95. The summed E-state index contributed by atoms with van der Waals surface area (Å²) < 4.78 is 7.24. The maximum absolute atomic E-state index is 12.4. The van der Waals surface area contributed by atoms with E-state index in [1.165, 1.54) is 11.0 Å². The highest BCUT2D eigenvalue weighted by atomic mass is 35.5. The Kier molecular flexibility index (Phi) is 4.95. The van der Waals surface area contributed by atoms with Crippen molar-refractivity contribution in [3.8, 4) is 11.4 Å². The molecule has 25 heavy (non-hydrogen) atoms. The van der Waals surface area contributed by atoms with Gasteiger partial charge in [0.15, 0.2) is 6.10 Å². The van der Waals surface area contributed by atoms with Gasteiger partial charge in [0.2, 0.25) is 0 Å². The minimum Gasteiger partial charge on any atom is -0.481 e. The van der Waals surface area contributed by atoms with Gasteiger partial charge in [-0.2, -0.15) is 0 Å². The number of hydrogen-bond acceptors (Lipinski definition) is 5. The molecule has 0 aliphatic heterocycles. The van der Waals surface area contributed by atoms with E-state index in [2.05, 4.69) is 20.8 Å². The quantitative estimate of drug-likeness (QED) is 0.759. The molecule has 1 N–H and O–H groups in total. The lowest BCUT2D eigenvalue weighted by atomic mass is 10.2. The number of nitrogens with one attached hydrogen (secondary N) is 1. The highest BCUT2D eigenvalue weighted by Gasteiger charge is 2.16. The number of carbonyl (C=O) groups excluding carboxylic acids is 1. The molecule has 7 nitrogen and oxygen atoms in total. The number of amides is 1. The van der Waals surface area contributed by atoms with E-state index in [0.717, 1.165) is 11.3 Å². The van der Waals surface area contributed by atoms with Gasteiger partial charge in [0, 0.05) is 16.8 Å². The predicted octanol–water partition coefficient (Wildman–Crippen LogP) is 3.03. The molecule has 1 amide bonds. The monoisotopic (exact) mass is 357 g/mol. The SMILES string of the molecule is Cc1c(Cl)cccc1NC(=O)[C@H](C)Oc1cccc(-n2cnnn2)c1. The van der Waals surface area contributed by atoms with Crippen LogP contribution in [-0.2, 0) is 4.79 Å². The lowest BCUT2D eigenvalue weighted by molar-refractivity contribution is -0.122. The van der Waals surface area contributed by atoms with Gasteiger partial charge < -0.3 is 10.1 Å². The Hall–Kier alpha value is -2.93. The van der Waals surface area contributed by atoms with Gasteiger partial charge in [-0.05, 0) is 54.1 Å². The fourth-order valence-electron chi connectivity index (χ4n) is 2.21. The normalized spacial score (nSPS) is 11.8. The molecule has 0 aliphatic carbocycles. The van der Waals surface area contributed by atoms with E-state index in [0.29, 0.717) is 16.5 Å². The Bertz CT molecular complexity index is 883. The van der Waals surface area contributed by atoms with Crippen molar-refractivity contribution in [2.45, 2.75) is 20.0 Å². The molecule has 0 bridgehead atoms.